The molecule has 0 aliphatic heterocycles. The summed E-state index contributed by atoms with van der Waals surface area (Å²) in [7, 11) is 0. The minimum absolute atomic E-state index is 0.0925. The Kier molecular flexibility index (Phi) is 4.95. The first kappa shape index (κ1) is 14.3. The fourth-order valence-electron chi connectivity index (χ4n) is 1.50. The molecule has 0 unspecified atom stereocenters. The normalized spacial score (nSPS) is 11.9. The predicted molar refractivity (Wildman–Crippen MR) is 65.0 cm³/mol. The predicted octanol–water partition coefficient (Wildman–Crippen LogP) is 2.58. The van der Waals surface area contributed by atoms with Crippen LogP contribution in [0.1, 0.15) is 38.7 Å². The van der Waals surface area contributed by atoms with Crippen molar-refractivity contribution in [2.24, 2.45) is 5.92 Å². The lowest BCUT2D eigenvalue weighted by molar-refractivity contribution is -0.141. The fourth-order valence-corrected chi connectivity index (χ4v) is 1.50. The Hall–Kier alpha value is -1.78. The van der Waals surface area contributed by atoms with Crippen molar-refractivity contribution < 1.29 is 18.4 Å². The maximum Gasteiger partial charge on any atom is 0.519 e. The molecule has 0 aliphatic rings. The van der Waals surface area contributed by atoms with E-state index in [0.717, 1.165) is 6.42 Å². The van der Waals surface area contributed by atoms with Gasteiger partial charge in [-0.3, -0.25) is 0 Å². The highest BCUT2D eigenvalue weighted by atomic mass is 16.6. The van der Waals surface area contributed by atoms with Gasteiger partial charge >= 0.3 is 11.8 Å². The van der Waals surface area contributed by atoms with Gasteiger partial charge in [0.2, 0.25) is 0 Å². The van der Waals surface area contributed by atoms with E-state index in [0.29, 0.717) is 11.3 Å². The van der Waals surface area contributed by atoms with Crippen LogP contribution in [0.3, 0.4) is 0 Å². The molecule has 0 radical (unpaired) electrons. The monoisotopic (exact) mass is 254 g/mol. The molecular weight excluding hydrogens is 236 g/mol. The van der Waals surface area contributed by atoms with Crippen LogP contribution in [-0.2, 0) is 16.1 Å². The Balaban J connectivity index is 2.68. The number of hydrogen-bond donors (Lipinski definition) is 0. The first-order chi connectivity index (χ1) is 8.45. The summed E-state index contributed by atoms with van der Waals surface area (Å²) >= 11 is 0. The minimum Gasteiger partial charge on any atom is -0.454 e. The zero-order valence-electron chi connectivity index (χ0n) is 11.1. The summed E-state index contributed by atoms with van der Waals surface area (Å²) in [5, 5.41) is 0. The zero-order valence-corrected chi connectivity index (χ0v) is 11.1. The lowest BCUT2D eigenvalue weighted by Gasteiger charge is -2.10. The second-order valence-corrected chi connectivity index (χ2v) is 4.23. The van der Waals surface area contributed by atoms with Gasteiger partial charge in [-0.05, 0) is 19.3 Å². The first-order valence-electron chi connectivity index (χ1n) is 5.92. The quantitative estimate of drug-likeness (QED) is 0.596. The summed E-state index contributed by atoms with van der Waals surface area (Å²) in [6, 6.07) is 0. The molecule has 1 aromatic rings. The standard InChI is InChI=1S/C13H18O5/c1-5-6-10(8(2)3)12(14)16-7-11-9(4)17-13(15)18-11/h6,8H,5,7H2,1-4H3. The average molecular weight is 254 g/mol. The Morgan fingerprint density at radius 2 is 2.06 bits per heavy atom. The van der Waals surface area contributed by atoms with Crippen LogP contribution in [0.2, 0.25) is 0 Å². The molecule has 0 spiro atoms. The Morgan fingerprint density at radius 3 is 2.50 bits per heavy atom. The van der Waals surface area contributed by atoms with Gasteiger partial charge in [0.25, 0.3) is 0 Å². The fraction of sp³-hybridized carbons (Fsp3) is 0.538. The van der Waals surface area contributed by atoms with Gasteiger partial charge in [-0.1, -0.05) is 26.8 Å². The number of carbonyl (C=O) groups excluding carboxylic acids is 1. The van der Waals surface area contributed by atoms with E-state index in [9.17, 15) is 9.59 Å². The van der Waals surface area contributed by atoms with E-state index in [1.54, 1.807) is 6.92 Å². The maximum atomic E-state index is 11.8. The second-order valence-electron chi connectivity index (χ2n) is 4.23. The molecule has 0 aliphatic carbocycles. The molecule has 18 heavy (non-hydrogen) atoms. The zero-order chi connectivity index (χ0) is 13.7. The van der Waals surface area contributed by atoms with E-state index < -0.39 is 11.8 Å². The van der Waals surface area contributed by atoms with Gasteiger partial charge < -0.3 is 13.6 Å². The number of allylic oxidation sites excluding steroid dienone is 1. The number of esters is 1. The third kappa shape index (κ3) is 3.61. The molecule has 0 aromatic carbocycles. The van der Waals surface area contributed by atoms with Gasteiger partial charge in [0.15, 0.2) is 18.1 Å². The average Bonchev–Trinajstić information content (AvgIpc) is 2.61. The van der Waals surface area contributed by atoms with Crippen molar-refractivity contribution in [1.82, 2.24) is 0 Å². The van der Waals surface area contributed by atoms with Crippen molar-refractivity contribution in [3.05, 3.63) is 33.8 Å². The van der Waals surface area contributed by atoms with Gasteiger partial charge in [0, 0.05) is 5.57 Å². The molecule has 0 atom stereocenters. The summed E-state index contributed by atoms with van der Waals surface area (Å²) in [4.78, 5) is 22.6. The molecule has 0 amide bonds. The number of hydrogen-bond acceptors (Lipinski definition) is 5. The first-order valence-corrected chi connectivity index (χ1v) is 5.92. The van der Waals surface area contributed by atoms with Gasteiger partial charge in [-0.25, -0.2) is 9.59 Å². The highest BCUT2D eigenvalue weighted by Crippen LogP contribution is 2.14. The lowest BCUT2D eigenvalue weighted by atomic mass is 10.0. The molecule has 100 valence electrons. The number of aryl methyl sites for hydroxylation is 1. The van der Waals surface area contributed by atoms with Crippen molar-refractivity contribution in [2.75, 3.05) is 0 Å². The van der Waals surface area contributed by atoms with Crippen LogP contribution in [0.25, 0.3) is 0 Å². The number of ether oxygens (including phenoxy) is 1. The van der Waals surface area contributed by atoms with Crippen LogP contribution in [0.15, 0.2) is 25.3 Å². The Labute approximate surface area is 105 Å². The lowest BCUT2D eigenvalue weighted by Crippen LogP contribution is -2.12. The van der Waals surface area contributed by atoms with Crippen molar-refractivity contribution in [3.8, 4) is 0 Å². The van der Waals surface area contributed by atoms with Crippen LogP contribution in [0, 0.1) is 12.8 Å². The third-order valence-corrected chi connectivity index (χ3v) is 2.45. The van der Waals surface area contributed by atoms with E-state index in [1.165, 1.54) is 0 Å². The van der Waals surface area contributed by atoms with Crippen molar-refractivity contribution in [2.45, 2.75) is 40.7 Å². The number of rotatable bonds is 5. The Bertz CT molecular complexity index is 490. The molecule has 0 saturated heterocycles. The largest absolute Gasteiger partial charge is 0.519 e. The SMILES string of the molecule is CCC=C(C(=O)OCc1oc(=O)oc1C)C(C)C. The molecule has 0 saturated carbocycles. The molecule has 1 aromatic heterocycles. The molecule has 5 nitrogen and oxygen atoms in total. The van der Waals surface area contributed by atoms with Crippen LogP contribution in [0.5, 0.6) is 0 Å². The van der Waals surface area contributed by atoms with Crippen LogP contribution in [0.4, 0.5) is 0 Å². The van der Waals surface area contributed by atoms with Gasteiger partial charge in [-0.15, -0.1) is 0 Å². The molecule has 1 heterocycles. The summed E-state index contributed by atoms with van der Waals surface area (Å²) in [6.07, 6.45) is 2.60. The molecule has 0 N–H and O–H groups in total. The van der Waals surface area contributed by atoms with Crippen molar-refractivity contribution >= 4 is 5.97 Å². The Morgan fingerprint density at radius 1 is 1.39 bits per heavy atom. The highest BCUT2D eigenvalue weighted by Gasteiger charge is 2.16. The molecule has 0 fully saturated rings. The van der Waals surface area contributed by atoms with E-state index in [1.807, 2.05) is 26.8 Å². The van der Waals surface area contributed by atoms with Crippen LogP contribution >= 0.6 is 0 Å². The van der Waals surface area contributed by atoms with Gasteiger partial charge in [-0.2, -0.15) is 0 Å². The van der Waals surface area contributed by atoms with E-state index >= 15 is 0 Å². The van der Waals surface area contributed by atoms with E-state index in [-0.39, 0.29) is 18.3 Å². The smallest absolute Gasteiger partial charge is 0.454 e. The second kappa shape index (κ2) is 6.23. The molecule has 5 heteroatoms. The van der Waals surface area contributed by atoms with E-state index in [4.69, 9.17) is 9.15 Å². The van der Waals surface area contributed by atoms with E-state index in [2.05, 4.69) is 4.42 Å². The minimum atomic E-state index is -0.785. The number of carbonyl (C=O) groups is 1. The molecule has 0 bridgehead atoms. The van der Waals surface area contributed by atoms with Crippen LogP contribution in [-0.4, -0.2) is 5.97 Å². The maximum absolute atomic E-state index is 11.8. The summed E-state index contributed by atoms with van der Waals surface area (Å²) in [6.45, 7) is 7.29. The van der Waals surface area contributed by atoms with Gasteiger partial charge in [0.05, 0.1) is 0 Å². The molecular formula is C13H18O5. The van der Waals surface area contributed by atoms with Crippen molar-refractivity contribution in [3.63, 3.8) is 0 Å². The molecule has 1 rings (SSSR count). The third-order valence-electron chi connectivity index (χ3n) is 2.45. The highest BCUT2D eigenvalue weighted by molar-refractivity contribution is 5.88. The summed E-state index contributed by atoms with van der Waals surface area (Å²) in [5.74, 6) is -0.511. The van der Waals surface area contributed by atoms with Crippen molar-refractivity contribution in [1.29, 1.82) is 0 Å². The summed E-state index contributed by atoms with van der Waals surface area (Å²) < 4.78 is 14.5. The summed E-state index contributed by atoms with van der Waals surface area (Å²) in [5.41, 5.74) is 0.626. The topological polar surface area (TPSA) is 69.7 Å². The van der Waals surface area contributed by atoms with Crippen LogP contribution < -0.4 is 5.82 Å². The van der Waals surface area contributed by atoms with Gasteiger partial charge in [0.1, 0.15) is 0 Å².